The van der Waals surface area contributed by atoms with Crippen molar-refractivity contribution in [2.45, 2.75) is 19.9 Å². The van der Waals surface area contributed by atoms with Gasteiger partial charge in [0.05, 0.1) is 6.61 Å². The molecule has 0 aliphatic heterocycles. The van der Waals surface area contributed by atoms with E-state index in [2.05, 4.69) is 5.32 Å². The van der Waals surface area contributed by atoms with Gasteiger partial charge in [0.15, 0.2) is 0 Å². The summed E-state index contributed by atoms with van der Waals surface area (Å²) in [6, 6.07) is 4.87. The molecule has 0 aromatic heterocycles. The highest BCUT2D eigenvalue weighted by atomic mass is 16.3. The standard InChI is InChI=1S/C11H16N2O2/c1-7-4-3-5-8(2)10(7)13-11(15)9(12)6-14/h3-5,9,14H,6,12H2,1-2H3,(H,13,15). The molecule has 1 amide bonds. The zero-order chi connectivity index (χ0) is 11.4. The van der Waals surface area contributed by atoms with Crippen molar-refractivity contribution in [3.05, 3.63) is 29.3 Å². The number of nitrogens with one attached hydrogen (secondary N) is 1. The normalized spacial score (nSPS) is 12.3. The molecule has 0 radical (unpaired) electrons. The smallest absolute Gasteiger partial charge is 0.243 e. The van der Waals surface area contributed by atoms with E-state index in [0.717, 1.165) is 16.8 Å². The van der Waals surface area contributed by atoms with Gasteiger partial charge in [-0.1, -0.05) is 18.2 Å². The molecular formula is C11H16N2O2. The summed E-state index contributed by atoms with van der Waals surface area (Å²) < 4.78 is 0. The Balaban J connectivity index is 2.85. The number of para-hydroxylation sites is 1. The molecule has 1 unspecified atom stereocenters. The maximum atomic E-state index is 11.5. The van der Waals surface area contributed by atoms with E-state index < -0.39 is 6.04 Å². The van der Waals surface area contributed by atoms with Gasteiger partial charge < -0.3 is 16.2 Å². The quantitative estimate of drug-likeness (QED) is 0.679. The predicted molar refractivity (Wildman–Crippen MR) is 59.6 cm³/mol. The minimum Gasteiger partial charge on any atom is -0.394 e. The van der Waals surface area contributed by atoms with Gasteiger partial charge >= 0.3 is 0 Å². The molecule has 4 nitrogen and oxygen atoms in total. The van der Waals surface area contributed by atoms with Crippen LogP contribution in [0, 0.1) is 13.8 Å². The van der Waals surface area contributed by atoms with E-state index in [9.17, 15) is 4.79 Å². The van der Waals surface area contributed by atoms with Gasteiger partial charge in [0.1, 0.15) is 6.04 Å². The van der Waals surface area contributed by atoms with Gasteiger partial charge in [0, 0.05) is 5.69 Å². The molecule has 4 heteroatoms. The monoisotopic (exact) mass is 208 g/mol. The van der Waals surface area contributed by atoms with Crippen LogP contribution in [0.15, 0.2) is 18.2 Å². The molecule has 1 aromatic rings. The van der Waals surface area contributed by atoms with Crippen LogP contribution in [0.3, 0.4) is 0 Å². The lowest BCUT2D eigenvalue weighted by Crippen LogP contribution is -2.38. The molecular weight excluding hydrogens is 192 g/mol. The lowest BCUT2D eigenvalue weighted by atomic mass is 10.1. The van der Waals surface area contributed by atoms with Crippen molar-refractivity contribution >= 4 is 11.6 Å². The summed E-state index contributed by atoms with van der Waals surface area (Å²) in [5.41, 5.74) is 8.13. The maximum Gasteiger partial charge on any atom is 0.243 e. The molecule has 1 atom stereocenters. The summed E-state index contributed by atoms with van der Waals surface area (Å²) in [5.74, 6) is -0.366. The van der Waals surface area contributed by atoms with Gasteiger partial charge in [0.25, 0.3) is 0 Å². The Morgan fingerprint density at radius 1 is 1.47 bits per heavy atom. The number of aliphatic hydroxyl groups excluding tert-OH is 1. The van der Waals surface area contributed by atoms with Crippen LogP contribution in [0.2, 0.25) is 0 Å². The van der Waals surface area contributed by atoms with Crippen LogP contribution >= 0.6 is 0 Å². The van der Waals surface area contributed by atoms with Crippen LogP contribution < -0.4 is 11.1 Å². The minimum atomic E-state index is -0.871. The Morgan fingerprint density at radius 2 is 2.00 bits per heavy atom. The molecule has 82 valence electrons. The van der Waals surface area contributed by atoms with Crippen LogP contribution in [0.1, 0.15) is 11.1 Å². The summed E-state index contributed by atoms with van der Waals surface area (Å²) in [6.45, 7) is 3.47. The maximum absolute atomic E-state index is 11.5. The Morgan fingerprint density at radius 3 is 2.47 bits per heavy atom. The molecule has 0 heterocycles. The lowest BCUT2D eigenvalue weighted by Gasteiger charge is -2.13. The first-order valence-electron chi connectivity index (χ1n) is 4.79. The fourth-order valence-corrected chi connectivity index (χ4v) is 1.31. The van der Waals surface area contributed by atoms with Crippen molar-refractivity contribution in [2.24, 2.45) is 5.73 Å². The van der Waals surface area contributed by atoms with E-state index in [1.54, 1.807) is 0 Å². The van der Waals surface area contributed by atoms with E-state index in [-0.39, 0.29) is 12.5 Å². The molecule has 0 aliphatic rings. The van der Waals surface area contributed by atoms with Crippen LogP contribution in [0.25, 0.3) is 0 Å². The largest absolute Gasteiger partial charge is 0.394 e. The molecule has 15 heavy (non-hydrogen) atoms. The number of hydrogen-bond donors (Lipinski definition) is 3. The van der Waals surface area contributed by atoms with E-state index in [4.69, 9.17) is 10.8 Å². The zero-order valence-electron chi connectivity index (χ0n) is 8.95. The van der Waals surface area contributed by atoms with Crippen molar-refractivity contribution < 1.29 is 9.90 Å². The van der Waals surface area contributed by atoms with Crippen molar-refractivity contribution in [1.29, 1.82) is 0 Å². The second-order valence-electron chi connectivity index (χ2n) is 3.55. The van der Waals surface area contributed by atoms with E-state index in [0.29, 0.717) is 0 Å². The van der Waals surface area contributed by atoms with Gasteiger partial charge in [-0.05, 0) is 25.0 Å². The first kappa shape index (κ1) is 11.7. The van der Waals surface area contributed by atoms with Crippen LogP contribution in [-0.2, 0) is 4.79 Å². The highest BCUT2D eigenvalue weighted by Gasteiger charge is 2.13. The number of rotatable bonds is 3. The third-order valence-corrected chi connectivity index (χ3v) is 2.26. The Kier molecular flexibility index (Phi) is 3.82. The first-order valence-corrected chi connectivity index (χ1v) is 4.79. The average Bonchev–Trinajstić information content (AvgIpc) is 2.22. The van der Waals surface area contributed by atoms with Crippen molar-refractivity contribution in [1.82, 2.24) is 0 Å². The highest BCUT2D eigenvalue weighted by Crippen LogP contribution is 2.19. The number of carbonyl (C=O) groups is 1. The number of carbonyl (C=O) groups excluding carboxylic acids is 1. The second kappa shape index (κ2) is 4.91. The number of aryl methyl sites for hydroxylation is 2. The van der Waals surface area contributed by atoms with E-state index in [1.165, 1.54) is 0 Å². The number of anilines is 1. The average molecular weight is 208 g/mol. The van der Waals surface area contributed by atoms with Gasteiger partial charge in [-0.15, -0.1) is 0 Å². The number of aliphatic hydroxyl groups is 1. The minimum absolute atomic E-state index is 0.350. The SMILES string of the molecule is Cc1cccc(C)c1NC(=O)C(N)CO. The molecule has 0 spiro atoms. The molecule has 4 N–H and O–H groups in total. The fraction of sp³-hybridized carbons (Fsp3) is 0.364. The number of nitrogens with two attached hydrogens (primary N) is 1. The Bertz CT molecular complexity index is 343. The zero-order valence-corrected chi connectivity index (χ0v) is 8.95. The van der Waals surface area contributed by atoms with Crippen LogP contribution in [0.4, 0.5) is 5.69 Å². The third-order valence-electron chi connectivity index (χ3n) is 2.26. The topological polar surface area (TPSA) is 75.4 Å². The molecule has 0 saturated heterocycles. The lowest BCUT2D eigenvalue weighted by molar-refractivity contribution is -0.118. The Hall–Kier alpha value is -1.39. The van der Waals surface area contributed by atoms with Gasteiger partial charge in [-0.3, -0.25) is 4.79 Å². The molecule has 0 aliphatic carbocycles. The van der Waals surface area contributed by atoms with Gasteiger partial charge in [-0.25, -0.2) is 0 Å². The summed E-state index contributed by atoms with van der Waals surface area (Å²) >= 11 is 0. The number of amides is 1. The van der Waals surface area contributed by atoms with Gasteiger partial charge in [-0.2, -0.15) is 0 Å². The van der Waals surface area contributed by atoms with E-state index >= 15 is 0 Å². The van der Waals surface area contributed by atoms with Gasteiger partial charge in [0.2, 0.25) is 5.91 Å². The van der Waals surface area contributed by atoms with Crippen molar-refractivity contribution in [3.63, 3.8) is 0 Å². The molecule has 0 saturated carbocycles. The molecule has 0 bridgehead atoms. The summed E-state index contributed by atoms with van der Waals surface area (Å²) in [5, 5.41) is 11.4. The fourth-order valence-electron chi connectivity index (χ4n) is 1.31. The summed E-state index contributed by atoms with van der Waals surface area (Å²) in [4.78, 5) is 11.5. The van der Waals surface area contributed by atoms with Crippen LogP contribution in [-0.4, -0.2) is 23.7 Å². The molecule has 1 aromatic carbocycles. The summed E-state index contributed by atoms with van der Waals surface area (Å²) in [7, 11) is 0. The third kappa shape index (κ3) is 2.78. The number of benzene rings is 1. The van der Waals surface area contributed by atoms with Crippen LogP contribution in [0.5, 0.6) is 0 Å². The van der Waals surface area contributed by atoms with E-state index in [1.807, 2.05) is 32.0 Å². The molecule has 1 rings (SSSR count). The predicted octanol–water partition coefficient (Wildman–Crippen LogP) is 0.562. The molecule has 0 fully saturated rings. The van der Waals surface area contributed by atoms with Crippen molar-refractivity contribution in [3.8, 4) is 0 Å². The highest BCUT2D eigenvalue weighted by molar-refractivity contribution is 5.96. The Labute approximate surface area is 89.1 Å². The second-order valence-corrected chi connectivity index (χ2v) is 3.55. The summed E-state index contributed by atoms with van der Waals surface area (Å²) in [6.07, 6.45) is 0. The van der Waals surface area contributed by atoms with Crippen molar-refractivity contribution in [2.75, 3.05) is 11.9 Å². The first-order chi connectivity index (χ1) is 7.06. The number of hydrogen-bond acceptors (Lipinski definition) is 3.